The van der Waals surface area contributed by atoms with Crippen molar-refractivity contribution in [2.75, 3.05) is 24.9 Å². The molecule has 224 valence electrons. The predicted molar refractivity (Wildman–Crippen MR) is 163 cm³/mol. The predicted octanol–water partition coefficient (Wildman–Crippen LogP) is 4.79. The Labute approximate surface area is 252 Å². The van der Waals surface area contributed by atoms with Gasteiger partial charge in [0.05, 0.1) is 5.69 Å². The van der Waals surface area contributed by atoms with E-state index in [9.17, 15) is 22.4 Å². The summed E-state index contributed by atoms with van der Waals surface area (Å²) in [5.74, 6) is -1.46. The van der Waals surface area contributed by atoms with Gasteiger partial charge < -0.3 is 10.2 Å². The molecule has 0 aliphatic heterocycles. The average Bonchev–Trinajstić information content (AvgIpc) is 3.48. The zero-order valence-electron chi connectivity index (χ0n) is 23.7. The molecule has 0 radical (unpaired) electrons. The minimum atomic E-state index is -4.17. The van der Waals surface area contributed by atoms with E-state index in [0.717, 1.165) is 52.0 Å². The lowest BCUT2D eigenvalue weighted by molar-refractivity contribution is -0.140. The number of carbonyl (C=O) groups is 2. The van der Waals surface area contributed by atoms with Crippen LogP contribution in [-0.4, -0.2) is 62.2 Å². The van der Waals surface area contributed by atoms with Gasteiger partial charge in [0.25, 0.3) is 0 Å². The zero-order chi connectivity index (χ0) is 30.3. The smallest absolute Gasteiger partial charge is 0.304 e. The summed E-state index contributed by atoms with van der Waals surface area (Å²) < 4.78 is 42.4. The van der Waals surface area contributed by atoms with E-state index in [1.54, 1.807) is 24.3 Å². The van der Waals surface area contributed by atoms with Crippen LogP contribution in [0.5, 0.6) is 0 Å². The fourth-order valence-corrected chi connectivity index (χ4v) is 6.31. The van der Waals surface area contributed by atoms with Crippen LogP contribution in [0.4, 0.5) is 10.1 Å². The van der Waals surface area contributed by atoms with Crippen molar-refractivity contribution in [3.05, 3.63) is 101 Å². The number of benzene rings is 3. The SMILES string of the molecule is CN(C)S(=O)(=O)N(CC(=O)N(Cc1ccccc1Cl)C(Cc1ccccc1)C(=O)NC1CCCC1)c1ccc(F)cc1. The first-order chi connectivity index (χ1) is 20.1. The topological polar surface area (TPSA) is 90.0 Å². The summed E-state index contributed by atoms with van der Waals surface area (Å²) in [6.45, 7) is -0.633. The molecule has 0 spiro atoms. The van der Waals surface area contributed by atoms with Gasteiger partial charge in [-0.3, -0.25) is 9.59 Å². The highest BCUT2D eigenvalue weighted by atomic mass is 35.5. The van der Waals surface area contributed by atoms with Crippen molar-refractivity contribution < 1.29 is 22.4 Å². The number of carbonyl (C=O) groups excluding carboxylic acids is 2. The molecular weight excluding hydrogens is 579 g/mol. The number of anilines is 1. The van der Waals surface area contributed by atoms with Crippen LogP contribution >= 0.6 is 11.6 Å². The lowest BCUT2D eigenvalue weighted by atomic mass is 10.0. The molecule has 3 aromatic rings. The standard InChI is InChI=1S/C31H36ClFN4O4S/c1-35(2)42(40,41)37(27-18-16-25(33)17-19-27)22-30(38)36(21-24-12-6-9-15-28(24)32)29(20-23-10-4-3-5-11-23)31(39)34-26-13-7-8-14-26/h3-6,9-12,15-19,26,29H,7-8,13-14,20-22H2,1-2H3,(H,34,39). The maximum absolute atomic E-state index is 14.3. The second-order valence-electron chi connectivity index (χ2n) is 10.6. The molecule has 0 bridgehead atoms. The third kappa shape index (κ3) is 7.87. The molecule has 0 aromatic heterocycles. The van der Waals surface area contributed by atoms with Gasteiger partial charge in [0, 0.05) is 38.1 Å². The van der Waals surface area contributed by atoms with Gasteiger partial charge in [-0.2, -0.15) is 12.7 Å². The lowest BCUT2D eigenvalue weighted by Gasteiger charge is -2.35. The second-order valence-corrected chi connectivity index (χ2v) is 13.1. The highest BCUT2D eigenvalue weighted by Gasteiger charge is 2.35. The molecule has 2 amide bonds. The molecule has 1 atom stereocenters. The Morgan fingerprint density at radius 3 is 2.19 bits per heavy atom. The number of hydrogen-bond acceptors (Lipinski definition) is 4. The van der Waals surface area contributed by atoms with E-state index in [4.69, 9.17) is 11.6 Å². The van der Waals surface area contributed by atoms with Gasteiger partial charge in [0.1, 0.15) is 18.4 Å². The maximum atomic E-state index is 14.3. The molecule has 3 aromatic carbocycles. The monoisotopic (exact) mass is 614 g/mol. The molecule has 0 saturated heterocycles. The van der Waals surface area contributed by atoms with Gasteiger partial charge in [0.15, 0.2) is 0 Å². The van der Waals surface area contributed by atoms with E-state index in [1.807, 2.05) is 30.3 Å². The van der Waals surface area contributed by atoms with Gasteiger partial charge in [-0.15, -0.1) is 0 Å². The number of rotatable bonds is 12. The highest BCUT2D eigenvalue weighted by molar-refractivity contribution is 7.90. The van der Waals surface area contributed by atoms with Crippen molar-refractivity contribution in [2.24, 2.45) is 0 Å². The average molecular weight is 615 g/mol. The summed E-state index contributed by atoms with van der Waals surface area (Å²) in [4.78, 5) is 29.6. The van der Waals surface area contributed by atoms with Gasteiger partial charge in [-0.25, -0.2) is 8.70 Å². The van der Waals surface area contributed by atoms with Crippen molar-refractivity contribution in [2.45, 2.75) is 50.7 Å². The lowest BCUT2D eigenvalue weighted by Crippen LogP contribution is -2.55. The number of hydrogen-bond donors (Lipinski definition) is 1. The van der Waals surface area contributed by atoms with Crippen molar-refractivity contribution in [1.82, 2.24) is 14.5 Å². The molecule has 1 aliphatic rings. The number of nitrogens with one attached hydrogen (secondary N) is 1. The van der Waals surface area contributed by atoms with E-state index < -0.39 is 34.5 Å². The number of amides is 2. The van der Waals surface area contributed by atoms with Crippen molar-refractivity contribution in [3.8, 4) is 0 Å². The Hall–Kier alpha value is -3.47. The molecule has 4 rings (SSSR count). The first-order valence-corrected chi connectivity index (χ1v) is 15.7. The van der Waals surface area contributed by atoms with Gasteiger partial charge >= 0.3 is 10.2 Å². The Morgan fingerprint density at radius 1 is 0.952 bits per heavy atom. The van der Waals surface area contributed by atoms with Crippen molar-refractivity contribution in [1.29, 1.82) is 0 Å². The Morgan fingerprint density at radius 2 is 1.57 bits per heavy atom. The molecule has 0 heterocycles. The van der Waals surface area contributed by atoms with Gasteiger partial charge in [-0.1, -0.05) is 73.0 Å². The first kappa shape index (κ1) is 31.5. The van der Waals surface area contributed by atoms with E-state index in [2.05, 4.69) is 5.32 Å². The van der Waals surface area contributed by atoms with Crippen LogP contribution in [0, 0.1) is 5.82 Å². The summed E-state index contributed by atoms with van der Waals surface area (Å²) in [6, 6.07) is 20.3. The summed E-state index contributed by atoms with van der Waals surface area (Å²) >= 11 is 6.50. The molecule has 1 aliphatic carbocycles. The number of halogens is 2. The minimum absolute atomic E-state index is 0.0119. The van der Waals surface area contributed by atoms with Crippen LogP contribution in [0.25, 0.3) is 0 Å². The van der Waals surface area contributed by atoms with Crippen LogP contribution in [0.3, 0.4) is 0 Å². The Kier molecular flexibility index (Phi) is 10.6. The fourth-order valence-electron chi connectivity index (χ4n) is 5.06. The van der Waals surface area contributed by atoms with Crippen LogP contribution in [0.15, 0.2) is 78.9 Å². The van der Waals surface area contributed by atoms with Crippen LogP contribution in [-0.2, 0) is 32.8 Å². The van der Waals surface area contributed by atoms with Crippen molar-refractivity contribution in [3.63, 3.8) is 0 Å². The van der Waals surface area contributed by atoms with E-state index in [-0.39, 0.29) is 30.6 Å². The quantitative estimate of drug-likeness (QED) is 0.318. The zero-order valence-corrected chi connectivity index (χ0v) is 25.3. The Bertz CT molecular complexity index is 1470. The summed E-state index contributed by atoms with van der Waals surface area (Å²) in [5, 5.41) is 3.54. The third-order valence-corrected chi connectivity index (χ3v) is 9.59. The summed E-state index contributed by atoms with van der Waals surface area (Å²) in [5.41, 5.74) is 1.58. The van der Waals surface area contributed by atoms with E-state index in [0.29, 0.717) is 10.6 Å². The molecule has 11 heteroatoms. The van der Waals surface area contributed by atoms with Gasteiger partial charge in [0.2, 0.25) is 11.8 Å². The van der Waals surface area contributed by atoms with Crippen LogP contribution in [0.2, 0.25) is 5.02 Å². The highest BCUT2D eigenvalue weighted by Crippen LogP contribution is 2.25. The molecule has 1 fully saturated rings. The molecular formula is C31H36ClFN4O4S. The molecule has 42 heavy (non-hydrogen) atoms. The van der Waals surface area contributed by atoms with Crippen LogP contribution < -0.4 is 9.62 Å². The van der Waals surface area contributed by atoms with Crippen LogP contribution in [0.1, 0.15) is 36.8 Å². The molecule has 1 N–H and O–H groups in total. The maximum Gasteiger partial charge on any atom is 0.304 e. The second kappa shape index (κ2) is 14.1. The van der Waals surface area contributed by atoms with E-state index in [1.165, 1.54) is 31.1 Å². The van der Waals surface area contributed by atoms with E-state index >= 15 is 0 Å². The van der Waals surface area contributed by atoms with Gasteiger partial charge in [-0.05, 0) is 54.3 Å². The fraction of sp³-hybridized carbons (Fsp3) is 0.355. The molecule has 8 nitrogen and oxygen atoms in total. The minimum Gasteiger partial charge on any atom is -0.352 e. The van der Waals surface area contributed by atoms with Crippen molar-refractivity contribution >= 4 is 39.3 Å². The summed E-state index contributed by atoms with van der Waals surface area (Å²) in [7, 11) is -1.46. The normalized spacial score (nSPS) is 14.5. The summed E-state index contributed by atoms with van der Waals surface area (Å²) in [6.07, 6.45) is 3.98. The largest absolute Gasteiger partial charge is 0.352 e. The third-order valence-electron chi connectivity index (χ3n) is 7.40. The number of nitrogens with zero attached hydrogens (tertiary/aromatic N) is 3. The first-order valence-electron chi connectivity index (χ1n) is 13.9. The molecule has 1 saturated carbocycles. The molecule has 1 unspecified atom stereocenters. The Balaban J connectivity index is 1.76.